The van der Waals surface area contributed by atoms with Gasteiger partial charge in [-0.2, -0.15) is 0 Å². The number of hydrogen-bond acceptors (Lipinski definition) is 3. The van der Waals surface area contributed by atoms with E-state index in [1.165, 1.54) is 58.4 Å². The van der Waals surface area contributed by atoms with Crippen LogP contribution in [0.4, 0.5) is 0 Å². The fourth-order valence-corrected chi connectivity index (χ4v) is 2.40. The molecular formula is C14H31N3. The number of piperazine rings is 1. The lowest BCUT2D eigenvalue weighted by Crippen LogP contribution is -2.47. The van der Waals surface area contributed by atoms with E-state index in [9.17, 15) is 0 Å². The predicted molar refractivity (Wildman–Crippen MR) is 75.5 cm³/mol. The molecule has 1 rings (SSSR count). The molecule has 3 heteroatoms. The van der Waals surface area contributed by atoms with E-state index < -0.39 is 0 Å². The quantitative estimate of drug-likeness (QED) is 0.699. The van der Waals surface area contributed by atoms with Gasteiger partial charge in [-0.05, 0) is 19.9 Å². The zero-order valence-electron chi connectivity index (χ0n) is 12.0. The number of likely N-dealkylation sites (N-methyl/N-ethyl adjacent to an activating group) is 1. The molecule has 0 aromatic carbocycles. The fraction of sp³-hybridized carbons (Fsp3) is 1.00. The van der Waals surface area contributed by atoms with Gasteiger partial charge in [0.05, 0.1) is 0 Å². The first-order chi connectivity index (χ1) is 8.26. The van der Waals surface area contributed by atoms with Crippen LogP contribution in [0.3, 0.4) is 0 Å². The zero-order valence-corrected chi connectivity index (χ0v) is 12.0. The van der Waals surface area contributed by atoms with Gasteiger partial charge in [-0.25, -0.2) is 0 Å². The summed E-state index contributed by atoms with van der Waals surface area (Å²) in [4.78, 5) is 5.00. The van der Waals surface area contributed by atoms with E-state index in [0.717, 1.165) is 12.6 Å². The molecule has 0 bridgehead atoms. The second-order valence-electron chi connectivity index (χ2n) is 5.35. The summed E-state index contributed by atoms with van der Waals surface area (Å²) in [5.41, 5.74) is 0. The molecule has 102 valence electrons. The molecule has 1 saturated heterocycles. The summed E-state index contributed by atoms with van der Waals surface area (Å²) in [6, 6.07) is 0.738. The highest BCUT2D eigenvalue weighted by atomic mass is 15.2. The summed E-state index contributed by atoms with van der Waals surface area (Å²) in [5, 5.41) is 3.71. The fourth-order valence-electron chi connectivity index (χ4n) is 2.40. The van der Waals surface area contributed by atoms with E-state index in [2.05, 4.69) is 36.0 Å². The van der Waals surface area contributed by atoms with Crippen LogP contribution in [-0.2, 0) is 0 Å². The lowest BCUT2D eigenvalue weighted by molar-refractivity contribution is 0.153. The Bertz CT molecular complexity index is 172. The molecule has 0 saturated carbocycles. The number of hydrogen-bond donors (Lipinski definition) is 1. The Hall–Kier alpha value is -0.120. The molecule has 0 radical (unpaired) electrons. The first kappa shape index (κ1) is 14.9. The predicted octanol–water partition coefficient (Wildman–Crippen LogP) is 1.79. The third kappa shape index (κ3) is 6.39. The summed E-state index contributed by atoms with van der Waals surface area (Å²) in [5.74, 6) is 0. The van der Waals surface area contributed by atoms with Gasteiger partial charge in [-0.3, -0.25) is 4.90 Å². The minimum absolute atomic E-state index is 0.738. The van der Waals surface area contributed by atoms with Crippen LogP contribution < -0.4 is 5.32 Å². The van der Waals surface area contributed by atoms with Crippen LogP contribution in [0.5, 0.6) is 0 Å². The van der Waals surface area contributed by atoms with Crippen molar-refractivity contribution in [3.63, 3.8) is 0 Å². The molecule has 1 heterocycles. The van der Waals surface area contributed by atoms with Crippen LogP contribution in [-0.4, -0.2) is 62.2 Å². The van der Waals surface area contributed by atoms with E-state index in [-0.39, 0.29) is 0 Å². The van der Waals surface area contributed by atoms with Crippen LogP contribution in [0.1, 0.15) is 39.5 Å². The minimum Gasteiger partial charge on any atom is -0.313 e. The van der Waals surface area contributed by atoms with Crippen molar-refractivity contribution in [1.82, 2.24) is 15.1 Å². The molecule has 3 nitrogen and oxygen atoms in total. The maximum atomic E-state index is 3.71. The Morgan fingerprint density at radius 1 is 1.12 bits per heavy atom. The Morgan fingerprint density at radius 2 is 1.82 bits per heavy atom. The van der Waals surface area contributed by atoms with Crippen LogP contribution >= 0.6 is 0 Å². The highest BCUT2D eigenvalue weighted by Crippen LogP contribution is 2.04. The first-order valence-corrected chi connectivity index (χ1v) is 7.40. The Morgan fingerprint density at radius 3 is 2.41 bits per heavy atom. The molecule has 0 aromatic heterocycles. The van der Waals surface area contributed by atoms with Crippen LogP contribution in [0.2, 0.25) is 0 Å². The maximum Gasteiger partial charge on any atom is 0.0110 e. The summed E-state index contributed by atoms with van der Waals surface area (Å²) >= 11 is 0. The minimum atomic E-state index is 0.738. The average Bonchev–Trinajstić information content (AvgIpc) is 2.36. The number of nitrogens with one attached hydrogen (secondary N) is 1. The van der Waals surface area contributed by atoms with Crippen molar-refractivity contribution in [2.24, 2.45) is 0 Å². The SMILES string of the molecule is CCCCC(CC)NCCN1CCN(C)CC1. The number of nitrogens with zero attached hydrogens (tertiary/aromatic N) is 2. The topological polar surface area (TPSA) is 18.5 Å². The first-order valence-electron chi connectivity index (χ1n) is 7.40. The van der Waals surface area contributed by atoms with Crippen molar-refractivity contribution in [2.75, 3.05) is 46.3 Å². The van der Waals surface area contributed by atoms with Gasteiger partial charge in [0.2, 0.25) is 0 Å². The molecule has 1 aliphatic rings. The summed E-state index contributed by atoms with van der Waals surface area (Å²) in [6.07, 6.45) is 5.29. The van der Waals surface area contributed by atoms with Gasteiger partial charge < -0.3 is 10.2 Å². The van der Waals surface area contributed by atoms with Gasteiger partial charge in [-0.1, -0.05) is 26.7 Å². The average molecular weight is 241 g/mol. The van der Waals surface area contributed by atoms with Crippen molar-refractivity contribution >= 4 is 0 Å². The zero-order chi connectivity index (χ0) is 12.5. The second-order valence-corrected chi connectivity index (χ2v) is 5.35. The monoisotopic (exact) mass is 241 g/mol. The second kappa shape index (κ2) is 8.90. The van der Waals surface area contributed by atoms with E-state index in [0.29, 0.717) is 0 Å². The Labute approximate surface area is 108 Å². The van der Waals surface area contributed by atoms with E-state index in [1.807, 2.05) is 0 Å². The summed E-state index contributed by atoms with van der Waals surface area (Å²) in [7, 11) is 2.22. The molecule has 0 amide bonds. The molecule has 1 aliphatic heterocycles. The highest BCUT2D eigenvalue weighted by molar-refractivity contribution is 4.71. The number of rotatable bonds is 8. The van der Waals surface area contributed by atoms with Gasteiger partial charge in [0.1, 0.15) is 0 Å². The molecule has 1 unspecified atom stereocenters. The van der Waals surface area contributed by atoms with E-state index in [4.69, 9.17) is 0 Å². The summed E-state index contributed by atoms with van der Waals surface area (Å²) in [6.45, 7) is 11.9. The molecule has 1 atom stereocenters. The molecule has 0 aliphatic carbocycles. The van der Waals surface area contributed by atoms with Gasteiger partial charge in [-0.15, -0.1) is 0 Å². The smallest absolute Gasteiger partial charge is 0.0110 e. The molecule has 17 heavy (non-hydrogen) atoms. The molecule has 0 spiro atoms. The van der Waals surface area contributed by atoms with Crippen molar-refractivity contribution in [2.45, 2.75) is 45.6 Å². The molecule has 0 aromatic rings. The van der Waals surface area contributed by atoms with Crippen molar-refractivity contribution in [3.8, 4) is 0 Å². The Kier molecular flexibility index (Phi) is 7.82. The largest absolute Gasteiger partial charge is 0.313 e. The molecule has 1 N–H and O–H groups in total. The van der Waals surface area contributed by atoms with Crippen molar-refractivity contribution < 1.29 is 0 Å². The van der Waals surface area contributed by atoms with Crippen LogP contribution in [0.15, 0.2) is 0 Å². The van der Waals surface area contributed by atoms with Gasteiger partial charge in [0.25, 0.3) is 0 Å². The normalized spacial score (nSPS) is 20.6. The van der Waals surface area contributed by atoms with E-state index in [1.54, 1.807) is 0 Å². The van der Waals surface area contributed by atoms with Crippen LogP contribution in [0.25, 0.3) is 0 Å². The highest BCUT2D eigenvalue weighted by Gasteiger charge is 2.13. The number of unbranched alkanes of at least 4 members (excludes halogenated alkanes) is 1. The van der Waals surface area contributed by atoms with Crippen molar-refractivity contribution in [1.29, 1.82) is 0 Å². The summed E-state index contributed by atoms with van der Waals surface area (Å²) < 4.78 is 0. The van der Waals surface area contributed by atoms with E-state index >= 15 is 0 Å². The third-order valence-electron chi connectivity index (χ3n) is 3.86. The molecule has 1 fully saturated rings. The standard InChI is InChI=1S/C14H31N3/c1-4-6-7-14(5-2)15-8-9-17-12-10-16(3)11-13-17/h14-15H,4-13H2,1-3H3. The third-order valence-corrected chi connectivity index (χ3v) is 3.86. The van der Waals surface area contributed by atoms with Gasteiger partial charge in [0.15, 0.2) is 0 Å². The van der Waals surface area contributed by atoms with Gasteiger partial charge >= 0.3 is 0 Å². The van der Waals surface area contributed by atoms with Crippen LogP contribution in [0, 0.1) is 0 Å². The van der Waals surface area contributed by atoms with Gasteiger partial charge in [0, 0.05) is 45.3 Å². The van der Waals surface area contributed by atoms with Crippen molar-refractivity contribution in [3.05, 3.63) is 0 Å². The molecular weight excluding hydrogens is 210 g/mol. The lowest BCUT2D eigenvalue weighted by atomic mass is 10.1. The maximum absolute atomic E-state index is 3.71. The Balaban J connectivity index is 2.05. The lowest BCUT2D eigenvalue weighted by Gasteiger charge is -2.32.